The maximum absolute atomic E-state index is 8.48. The van der Waals surface area contributed by atoms with Gasteiger partial charge in [0.15, 0.2) is 0 Å². The topological polar surface area (TPSA) is 28.1 Å². The molecule has 0 saturated carbocycles. The van der Waals surface area contributed by atoms with Crippen LogP contribution in [0.5, 0.6) is 0 Å². The van der Waals surface area contributed by atoms with Gasteiger partial charge in [0.25, 0.3) is 0 Å². The SMILES string of the molecule is C[Se]c1ccccc1[N+]#N. The van der Waals surface area contributed by atoms with Crippen molar-refractivity contribution in [3.63, 3.8) is 0 Å². The van der Waals surface area contributed by atoms with Crippen molar-refractivity contribution in [3.05, 3.63) is 29.2 Å². The monoisotopic (exact) mass is 199 g/mol. The van der Waals surface area contributed by atoms with Gasteiger partial charge in [-0.1, -0.05) is 0 Å². The van der Waals surface area contributed by atoms with Crippen molar-refractivity contribution in [1.82, 2.24) is 0 Å². The zero-order chi connectivity index (χ0) is 7.40. The van der Waals surface area contributed by atoms with Crippen LogP contribution in [0.2, 0.25) is 5.82 Å². The number of nitrogens with zero attached hydrogens (tertiary/aromatic N) is 2. The first-order chi connectivity index (χ1) is 4.88. The third-order valence-corrected chi connectivity index (χ3v) is 2.84. The summed E-state index contributed by atoms with van der Waals surface area (Å²) in [6.45, 7) is 0. The van der Waals surface area contributed by atoms with Crippen LogP contribution in [0.15, 0.2) is 24.3 Å². The molecule has 3 heteroatoms. The van der Waals surface area contributed by atoms with Crippen molar-refractivity contribution >= 4 is 25.1 Å². The van der Waals surface area contributed by atoms with Crippen LogP contribution in [-0.4, -0.2) is 15.0 Å². The molecule has 0 amide bonds. The molecular weight excluding hydrogens is 191 g/mol. The van der Waals surface area contributed by atoms with E-state index in [1.54, 1.807) is 6.07 Å². The molecule has 0 aliphatic rings. The molecule has 10 heavy (non-hydrogen) atoms. The van der Waals surface area contributed by atoms with Gasteiger partial charge in [0.1, 0.15) is 0 Å². The molecule has 0 aliphatic carbocycles. The molecule has 1 rings (SSSR count). The molecule has 0 spiro atoms. The second-order valence-electron chi connectivity index (χ2n) is 1.77. The Balaban J connectivity index is 3.12. The first-order valence-corrected chi connectivity index (χ1v) is 5.43. The molecule has 0 saturated heterocycles. The summed E-state index contributed by atoms with van der Waals surface area (Å²) in [5.41, 5.74) is 0.699. The van der Waals surface area contributed by atoms with Crippen molar-refractivity contribution in [1.29, 1.82) is 5.39 Å². The molecule has 0 N–H and O–H groups in total. The van der Waals surface area contributed by atoms with Gasteiger partial charge in [-0.3, -0.25) is 0 Å². The van der Waals surface area contributed by atoms with E-state index in [1.807, 2.05) is 18.2 Å². The molecule has 1 aromatic rings. The van der Waals surface area contributed by atoms with Gasteiger partial charge in [-0.15, -0.1) is 0 Å². The molecule has 0 radical (unpaired) electrons. The summed E-state index contributed by atoms with van der Waals surface area (Å²) < 4.78 is 1.14. The Morgan fingerprint density at radius 3 is 2.60 bits per heavy atom. The first-order valence-electron chi connectivity index (χ1n) is 2.86. The summed E-state index contributed by atoms with van der Waals surface area (Å²) in [5, 5.41) is 8.48. The predicted molar refractivity (Wildman–Crippen MR) is 42.4 cm³/mol. The van der Waals surface area contributed by atoms with Gasteiger partial charge in [0, 0.05) is 0 Å². The Hall–Kier alpha value is -0.841. The molecule has 0 aliphatic heterocycles. The van der Waals surface area contributed by atoms with Gasteiger partial charge in [-0.25, -0.2) is 0 Å². The van der Waals surface area contributed by atoms with Crippen molar-refractivity contribution in [2.24, 2.45) is 0 Å². The quantitative estimate of drug-likeness (QED) is 0.497. The van der Waals surface area contributed by atoms with E-state index in [9.17, 15) is 0 Å². The minimum atomic E-state index is 0.406. The molecule has 0 bridgehead atoms. The maximum atomic E-state index is 8.48. The molecule has 0 unspecified atom stereocenters. The van der Waals surface area contributed by atoms with Gasteiger partial charge in [0.05, 0.1) is 0 Å². The van der Waals surface area contributed by atoms with Crippen LogP contribution in [-0.2, 0) is 0 Å². The third-order valence-electron chi connectivity index (χ3n) is 1.19. The molecule has 0 fully saturated rings. The van der Waals surface area contributed by atoms with Crippen molar-refractivity contribution in [3.8, 4) is 0 Å². The first kappa shape index (κ1) is 7.27. The number of rotatable bonds is 1. The van der Waals surface area contributed by atoms with Crippen LogP contribution in [0, 0.1) is 5.39 Å². The van der Waals surface area contributed by atoms with Crippen molar-refractivity contribution < 1.29 is 0 Å². The van der Waals surface area contributed by atoms with Gasteiger partial charge >= 0.3 is 65.6 Å². The van der Waals surface area contributed by atoms with E-state index in [0.717, 1.165) is 4.46 Å². The van der Waals surface area contributed by atoms with Gasteiger partial charge in [-0.2, -0.15) is 0 Å². The van der Waals surface area contributed by atoms with E-state index in [1.165, 1.54) is 0 Å². The fraction of sp³-hybridized carbons (Fsp3) is 0.143. The Kier molecular flexibility index (Phi) is 2.44. The fourth-order valence-corrected chi connectivity index (χ4v) is 1.83. The van der Waals surface area contributed by atoms with Gasteiger partial charge in [-0.05, 0) is 0 Å². The van der Waals surface area contributed by atoms with E-state index in [0.29, 0.717) is 20.6 Å². The Labute approximate surface area is 66.0 Å². The Bertz CT molecular complexity index is 265. The predicted octanol–water partition coefficient (Wildman–Crippen LogP) is 1.55. The zero-order valence-corrected chi connectivity index (χ0v) is 7.33. The van der Waals surface area contributed by atoms with Crippen molar-refractivity contribution in [2.75, 3.05) is 0 Å². The second kappa shape index (κ2) is 3.36. The summed E-state index contributed by atoms with van der Waals surface area (Å²) in [5.74, 6) is 2.09. The number of hydrogen-bond donors (Lipinski definition) is 0. The summed E-state index contributed by atoms with van der Waals surface area (Å²) in [6.07, 6.45) is 0. The standard InChI is InChI=1S/C7H7N2Se/c1-10-7-5-3-2-4-6(7)9-8/h2-5H,1H3/q+1. The van der Waals surface area contributed by atoms with Crippen LogP contribution in [0.1, 0.15) is 0 Å². The van der Waals surface area contributed by atoms with E-state index >= 15 is 0 Å². The summed E-state index contributed by atoms with van der Waals surface area (Å²) >= 11 is 0.406. The van der Waals surface area contributed by atoms with Crippen LogP contribution in [0.4, 0.5) is 5.69 Å². The minimum absolute atomic E-state index is 0.406. The van der Waals surface area contributed by atoms with E-state index < -0.39 is 0 Å². The molecular formula is C7H7N2Se+. The molecule has 0 aromatic heterocycles. The van der Waals surface area contributed by atoms with Gasteiger partial charge in [0.2, 0.25) is 0 Å². The third kappa shape index (κ3) is 1.35. The Morgan fingerprint density at radius 1 is 1.40 bits per heavy atom. The van der Waals surface area contributed by atoms with Gasteiger partial charge < -0.3 is 0 Å². The van der Waals surface area contributed by atoms with E-state index in [2.05, 4.69) is 10.8 Å². The van der Waals surface area contributed by atoms with E-state index in [4.69, 9.17) is 5.39 Å². The average molecular weight is 198 g/mol. The average Bonchev–Trinajstić information content (AvgIpc) is 2.04. The summed E-state index contributed by atoms with van der Waals surface area (Å²) in [4.78, 5) is 3.16. The zero-order valence-electron chi connectivity index (χ0n) is 5.61. The van der Waals surface area contributed by atoms with Crippen LogP contribution < -0.4 is 4.46 Å². The molecule has 0 atom stereocenters. The normalized spacial score (nSPS) is 8.80. The molecule has 2 nitrogen and oxygen atoms in total. The number of benzene rings is 1. The summed E-state index contributed by atoms with van der Waals surface area (Å²) in [6, 6.07) is 7.61. The van der Waals surface area contributed by atoms with Crippen LogP contribution >= 0.6 is 0 Å². The fourth-order valence-electron chi connectivity index (χ4n) is 0.712. The Morgan fingerprint density at radius 2 is 2.10 bits per heavy atom. The molecule has 1 aromatic carbocycles. The van der Waals surface area contributed by atoms with Crippen LogP contribution in [0.25, 0.3) is 4.98 Å². The summed E-state index contributed by atoms with van der Waals surface area (Å²) in [7, 11) is 0. The van der Waals surface area contributed by atoms with Crippen molar-refractivity contribution in [2.45, 2.75) is 5.82 Å². The number of diazo groups is 1. The van der Waals surface area contributed by atoms with E-state index in [-0.39, 0.29) is 0 Å². The number of hydrogen-bond acceptors (Lipinski definition) is 1. The molecule has 0 heterocycles. The second-order valence-corrected chi connectivity index (χ2v) is 3.55. The van der Waals surface area contributed by atoms with Crippen LogP contribution in [0.3, 0.4) is 0 Å². The molecule has 50 valence electrons.